The Bertz CT molecular complexity index is 1770. The van der Waals surface area contributed by atoms with E-state index in [1.54, 1.807) is 35.2 Å². The maximum atomic E-state index is 14.1. The number of carbonyl (C=O) groups is 3. The highest BCUT2D eigenvalue weighted by Crippen LogP contribution is 2.23. The summed E-state index contributed by atoms with van der Waals surface area (Å²) in [6, 6.07) is 12.8. The third-order valence-electron chi connectivity index (χ3n) is 8.38. The summed E-state index contributed by atoms with van der Waals surface area (Å²) < 4.78 is 77.7. The van der Waals surface area contributed by atoms with Crippen LogP contribution in [0.4, 0.5) is 4.79 Å². The highest BCUT2D eigenvalue weighted by molar-refractivity contribution is 5.88. The van der Waals surface area contributed by atoms with Crippen molar-refractivity contribution >= 4 is 17.8 Å². The van der Waals surface area contributed by atoms with Gasteiger partial charge < -0.3 is 30.7 Å². The van der Waals surface area contributed by atoms with Crippen LogP contribution >= 0.6 is 0 Å². The van der Waals surface area contributed by atoms with Crippen LogP contribution in [0.1, 0.15) is 67.7 Å². The fraction of sp³-hybridized carbons (Fsp3) is 0.447. The number of benzene rings is 3. The standard InChI is InChI=1S/C38H50N4O5/c1-5-26(2)35(42-21-13-20-39-38(42)46)37(45)40-31(22-29-16-8-6-9-17-29)24-33(43)32(23-30-18-10-7-11-19-30)41-34(44)25-47-36-27(3)14-12-15-28(36)4/h6-12,14-19,26,31-33,35,43H,5,13,20-25H2,1-4H3,(H,39,46)(H,40,45)(H,41,44)/t26-,31-,32-,33-,35+/m0/s1/i3D3,4D3,12D,14D,15D. The summed E-state index contributed by atoms with van der Waals surface area (Å²) in [5.74, 6) is -2.30. The lowest BCUT2D eigenvalue weighted by molar-refractivity contribution is -0.128. The third kappa shape index (κ3) is 10.3. The van der Waals surface area contributed by atoms with Crippen molar-refractivity contribution in [3.63, 3.8) is 0 Å². The van der Waals surface area contributed by atoms with E-state index in [1.165, 1.54) is 0 Å². The summed E-state index contributed by atoms with van der Waals surface area (Å²) in [6.45, 7) is -2.42. The van der Waals surface area contributed by atoms with Gasteiger partial charge in [0.1, 0.15) is 11.8 Å². The largest absolute Gasteiger partial charge is 0.483 e. The molecular formula is C38H50N4O5. The van der Waals surface area contributed by atoms with Crippen molar-refractivity contribution < 1.29 is 36.6 Å². The Morgan fingerprint density at radius 3 is 2.26 bits per heavy atom. The van der Waals surface area contributed by atoms with Gasteiger partial charge in [-0.15, -0.1) is 0 Å². The number of amides is 4. The molecule has 3 aromatic rings. The molecule has 4 N–H and O–H groups in total. The summed E-state index contributed by atoms with van der Waals surface area (Å²) in [5.41, 5.74) is -0.201. The van der Waals surface area contributed by atoms with Gasteiger partial charge in [0, 0.05) is 27.4 Å². The van der Waals surface area contributed by atoms with Crippen molar-refractivity contribution in [1.29, 1.82) is 0 Å². The average molecular weight is 652 g/mol. The minimum Gasteiger partial charge on any atom is -0.483 e. The molecule has 1 saturated heterocycles. The second kappa shape index (κ2) is 17.5. The minimum absolute atomic E-state index is 0.0412. The van der Waals surface area contributed by atoms with Crippen LogP contribution in [-0.2, 0) is 22.4 Å². The number of carbonyl (C=O) groups excluding carboxylic acids is 3. The van der Waals surface area contributed by atoms with Gasteiger partial charge in [-0.3, -0.25) is 9.59 Å². The predicted octanol–water partition coefficient (Wildman–Crippen LogP) is 4.72. The summed E-state index contributed by atoms with van der Waals surface area (Å²) in [4.78, 5) is 42.1. The van der Waals surface area contributed by atoms with E-state index in [0.717, 1.165) is 11.1 Å². The van der Waals surface area contributed by atoms with Gasteiger partial charge in [-0.2, -0.15) is 0 Å². The molecule has 0 unspecified atom stereocenters. The van der Waals surface area contributed by atoms with Crippen LogP contribution in [0.2, 0.25) is 0 Å². The van der Waals surface area contributed by atoms with Crippen LogP contribution in [0.25, 0.3) is 0 Å². The Morgan fingerprint density at radius 2 is 1.66 bits per heavy atom. The third-order valence-corrected chi connectivity index (χ3v) is 8.38. The normalized spacial score (nSPS) is 19.6. The highest BCUT2D eigenvalue weighted by atomic mass is 16.5. The lowest BCUT2D eigenvalue weighted by Crippen LogP contribution is -2.60. The van der Waals surface area contributed by atoms with Gasteiger partial charge in [-0.05, 0) is 67.6 Å². The van der Waals surface area contributed by atoms with Gasteiger partial charge in [0.15, 0.2) is 6.61 Å². The number of aliphatic hydroxyl groups excluding tert-OH is 1. The molecular weight excluding hydrogens is 592 g/mol. The molecule has 0 saturated carbocycles. The number of urea groups is 1. The molecule has 1 aliphatic rings. The van der Waals surface area contributed by atoms with Crippen molar-refractivity contribution in [1.82, 2.24) is 20.9 Å². The van der Waals surface area contributed by atoms with E-state index in [4.69, 9.17) is 17.1 Å². The Hall–Kier alpha value is -4.37. The van der Waals surface area contributed by atoms with Crippen LogP contribution in [0.15, 0.2) is 78.8 Å². The molecule has 5 atom stereocenters. The minimum atomic E-state index is -3.12. The lowest BCUT2D eigenvalue weighted by atomic mass is 9.92. The molecule has 0 radical (unpaired) electrons. The highest BCUT2D eigenvalue weighted by Gasteiger charge is 2.36. The number of nitrogens with zero attached hydrogens (tertiary/aromatic N) is 1. The van der Waals surface area contributed by atoms with Crippen molar-refractivity contribution in [3.05, 3.63) is 101 Å². The van der Waals surface area contributed by atoms with E-state index in [1.807, 2.05) is 44.2 Å². The molecule has 252 valence electrons. The summed E-state index contributed by atoms with van der Waals surface area (Å²) in [5, 5.41) is 20.5. The van der Waals surface area contributed by atoms with Crippen LogP contribution in [0, 0.1) is 19.6 Å². The number of hydrogen-bond acceptors (Lipinski definition) is 5. The Morgan fingerprint density at radius 1 is 1.02 bits per heavy atom. The Kier molecular flexibility index (Phi) is 9.23. The first-order valence-corrected chi connectivity index (χ1v) is 16.0. The zero-order valence-corrected chi connectivity index (χ0v) is 26.8. The first-order valence-electron chi connectivity index (χ1n) is 20.5. The monoisotopic (exact) mass is 651 g/mol. The van der Waals surface area contributed by atoms with E-state index in [-0.39, 0.29) is 30.7 Å². The van der Waals surface area contributed by atoms with Gasteiger partial charge in [0.2, 0.25) is 5.91 Å². The molecule has 9 nitrogen and oxygen atoms in total. The Labute approximate surface area is 291 Å². The fourth-order valence-electron chi connectivity index (χ4n) is 5.75. The predicted molar refractivity (Wildman–Crippen MR) is 184 cm³/mol. The smallest absolute Gasteiger partial charge is 0.318 e. The number of ether oxygens (including phenoxy) is 1. The van der Waals surface area contributed by atoms with Crippen molar-refractivity contribution in [2.75, 3.05) is 19.7 Å². The lowest BCUT2D eigenvalue weighted by Gasteiger charge is -2.38. The second-order valence-corrected chi connectivity index (χ2v) is 11.9. The molecule has 3 aromatic carbocycles. The number of para-hydroxylation sites is 1. The van der Waals surface area contributed by atoms with E-state index in [0.29, 0.717) is 32.4 Å². The molecule has 1 fully saturated rings. The Balaban J connectivity index is 1.63. The van der Waals surface area contributed by atoms with E-state index >= 15 is 0 Å². The topological polar surface area (TPSA) is 120 Å². The van der Waals surface area contributed by atoms with Crippen LogP contribution in [0.5, 0.6) is 5.75 Å². The number of rotatable bonds is 16. The molecule has 0 aromatic heterocycles. The van der Waals surface area contributed by atoms with Gasteiger partial charge in [-0.1, -0.05) is 99.1 Å². The molecule has 1 heterocycles. The molecule has 4 amide bonds. The quantitative estimate of drug-likeness (QED) is 0.179. The van der Waals surface area contributed by atoms with Gasteiger partial charge in [0.25, 0.3) is 5.91 Å². The van der Waals surface area contributed by atoms with Crippen LogP contribution < -0.4 is 20.7 Å². The molecule has 4 rings (SSSR count). The van der Waals surface area contributed by atoms with E-state index in [2.05, 4.69) is 16.0 Å². The van der Waals surface area contributed by atoms with Crippen molar-refractivity contribution in [3.8, 4) is 5.75 Å². The summed E-state index contributed by atoms with van der Waals surface area (Å²) in [7, 11) is 0. The molecule has 0 aliphatic carbocycles. The van der Waals surface area contributed by atoms with E-state index in [9.17, 15) is 19.5 Å². The molecule has 9 heteroatoms. The SMILES string of the molecule is [2H]c1c([2H])c(C([2H])([2H])[2H])c(OCC(=O)N[C@@H](Cc2ccccc2)[C@@H](O)C[C@H](Cc2ccccc2)NC(=O)[C@@H]([C@@H](C)CC)N2CCCNC2=O)c(C([2H])([2H])[2H])c1[2H]. The number of hydrogen-bond donors (Lipinski definition) is 4. The fourth-order valence-corrected chi connectivity index (χ4v) is 5.75. The van der Waals surface area contributed by atoms with Gasteiger partial charge in [-0.25, -0.2) is 4.79 Å². The summed E-state index contributed by atoms with van der Waals surface area (Å²) in [6.07, 6.45) is 0.410. The number of aliphatic hydroxyl groups is 1. The van der Waals surface area contributed by atoms with Crippen LogP contribution in [0.3, 0.4) is 0 Å². The first kappa shape index (κ1) is 24.8. The zero-order chi connectivity index (χ0) is 41.4. The molecule has 0 bridgehead atoms. The average Bonchev–Trinajstić information content (AvgIpc) is 3.13. The maximum absolute atomic E-state index is 14.1. The molecule has 1 aliphatic heterocycles. The maximum Gasteiger partial charge on any atom is 0.318 e. The van der Waals surface area contributed by atoms with Crippen LogP contribution in [-0.4, -0.2) is 71.8 Å². The summed E-state index contributed by atoms with van der Waals surface area (Å²) >= 11 is 0. The second-order valence-electron chi connectivity index (χ2n) is 11.9. The van der Waals surface area contributed by atoms with Gasteiger partial charge in [0.05, 0.1) is 16.3 Å². The zero-order valence-electron chi connectivity index (χ0n) is 35.8. The van der Waals surface area contributed by atoms with Crippen molar-refractivity contribution in [2.45, 2.75) is 83.9 Å². The molecule has 47 heavy (non-hydrogen) atoms. The molecule has 0 spiro atoms. The first-order chi connectivity index (χ1) is 26.3. The van der Waals surface area contributed by atoms with Gasteiger partial charge >= 0.3 is 6.03 Å². The number of nitrogens with one attached hydrogen (secondary N) is 3. The van der Waals surface area contributed by atoms with Crippen molar-refractivity contribution in [2.24, 2.45) is 5.92 Å². The van der Waals surface area contributed by atoms with E-state index < -0.39 is 85.5 Å².